The molecule has 1 aromatic carbocycles. The highest BCUT2D eigenvalue weighted by atomic mass is 16.2. The first-order valence-corrected chi connectivity index (χ1v) is 10.9. The van der Waals surface area contributed by atoms with Crippen molar-refractivity contribution in [2.75, 3.05) is 32.7 Å². The van der Waals surface area contributed by atoms with Crippen LogP contribution in [0.15, 0.2) is 30.3 Å². The van der Waals surface area contributed by atoms with Crippen molar-refractivity contribution in [3.8, 4) is 11.1 Å². The average Bonchev–Trinajstić information content (AvgIpc) is 3.08. The third kappa shape index (κ3) is 3.84. The van der Waals surface area contributed by atoms with Crippen LogP contribution >= 0.6 is 0 Å². The lowest BCUT2D eigenvalue weighted by Gasteiger charge is -2.34. The summed E-state index contributed by atoms with van der Waals surface area (Å²) < 4.78 is 1.91. The van der Waals surface area contributed by atoms with E-state index in [1.165, 1.54) is 0 Å². The largest absolute Gasteiger partial charge is 0.340 e. The number of piperazine rings is 1. The maximum absolute atomic E-state index is 13.0. The first kappa shape index (κ1) is 20.5. The fourth-order valence-electron chi connectivity index (χ4n) is 4.47. The van der Waals surface area contributed by atoms with E-state index in [1.807, 2.05) is 48.4 Å². The Morgan fingerprint density at radius 1 is 1.00 bits per heavy atom. The van der Waals surface area contributed by atoms with Crippen molar-refractivity contribution < 1.29 is 4.79 Å². The zero-order valence-electron chi connectivity index (χ0n) is 18.5. The third-order valence-corrected chi connectivity index (χ3v) is 6.16. The lowest BCUT2D eigenvalue weighted by atomic mass is 10.0. The number of carbonyl (C=O) groups is 1. The molecule has 0 aliphatic carbocycles. The van der Waals surface area contributed by atoms with Gasteiger partial charge in [-0.25, -0.2) is 9.50 Å². The molecular formula is C24H31N5O. The Balaban J connectivity index is 1.61. The van der Waals surface area contributed by atoms with Crippen LogP contribution in [0.1, 0.15) is 36.0 Å². The van der Waals surface area contributed by atoms with E-state index in [1.54, 1.807) is 0 Å². The van der Waals surface area contributed by atoms with Crippen LogP contribution in [-0.2, 0) is 11.2 Å². The minimum Gasteiger partial charge on any atom is -0.340 e. The van der Waals surface area contributed by atoms with Gasteiger partial charge in [0.25, 0.3) is 0 Å². The second-order valence-corrected chi connectivity index (χ2v) is 8.22. The molecule has 30 heavy (non-hydrogen) atoms. The van der Waals surface area contributed by atoms with Crippen molar-refractivity contribution >= 4 is 11.6 Å². The van der Waals surface area contributed by atoms with Gasteiger partial charge in [-0.05, 0) is 39.3 Å². The van der Waals surface area contributed by atoms with Gasteiger partial charge in [0.1, 0.15) is 0 Å². The number of rotatable bonds is 5. The Kier molecular flexibility index (Phi) is 5.86. The molecule has 0 bridgehead atoms. The predicted octanol–water partition coefficient (Wildman–Crippen LogP) is 3.42. The van der Waals surface area contributed by atoms with E-state index in [0.717, 1.165) is 78.6 Å². The molecule has 3 heterocycles. The molecular weight excluding hydrogens is 374 g/mol. The molecule has 1 aliphatic heterocycles. The topological polar surface area (TPSA) is 53.7 Å². The maximum Gasteiger partial charge on any atom is 0.227 e. The van der Waals surface area contributed by atoms with Crippen molar-refractivity contribution in [3.63, 3.8) is 0 Å². The Bertz CT molecular complexity index is 1050. The molecule has 6 nitrogen and oxygen atoms in total. The van der Waals surface area contributed by atoms with Gasteiger partial charge >= 0.3 is 0 Å². The van der Waals surface area contributed by atoms with Gasteiger partial charge in [0.2, 0.25) is 5.91 Å². The third-order valence-electron chi connectivity index (χ3n) is 6.16. The Hall–Kier alpha value is -2.73. The van der Waals surface area contributed by atoms with Crippen molar-refractivity contribution in [3.05, 3.63) is 53.0 Å². The summed E-state index contributed by atoms with van der Waals surface area (Å²) >= 11 is 0. The van der Waals surface area contributed by atoms with Gasteiger partial charge in [0.05, 0.1) is 12.1 Å². The molecule has 158 valence electrons. The van der Waals surface area contributed by atoms with E-state index in [4.69, 9.17) is 10.1 Å². The number of benzene rings is 1. The predicted molar refractivity (Wildman–Crippen MR) is 120 cm³/mol. The molecule has 0 atom stereocenters. The lowest BCUT2D eigenvalue weighted by molar-refractivity contribution is -0.132. The van der Waals surface area contributed by atoms with Crippen LogP contribution in [0.25, 0.3) is 16.8 Å². The van der Waals surface area contributed by atoms with E-state index < -0.39 is 0 Å². The Morgan fingerprint density at radius 3 is 2.37 bits per heavy atom. The van der Waals surface area contributed by atoms with Gasteiger partial charge in [-0.1, -0.05) is 37.3 Å². The van der Waals surface area contributed by atoms with Crippen LogP contribution in [-0.4, -0.2) is 63.0 Å². The highest BCUT2D eigenvalue weighted by Crippen LogP contribution is 2.29. The van der Waals surface area contributed by atoms with Gasteiger partial charge in [-0.15, -0.1) is 0 Å². The fraction of sp³-hybridized carbons (Fsp3) is 0.458. The first-order chi connectivity index (χ1) is 14.5. The summed E-state index contributed by atoms with van der Waals surface area (Å²) in [5.41, 5.74) is 6.89. The Morgan fingerprint density at radius 2 is 1.70 bits per heavy atom. The Labute approximate surface area is 178 Å². The van der Waals surface area contributed by atoms with Crippen LogP contribution in [0, 0.1) is 20.8 Å². The average molecular weight is 406 g/mol. The molecule has 0 N–H and O–H groups in total. The van der Waals surface area contributed by atoms with Crippen LogP contribution in [0.3, 0.4) is 0 Å². The van der Waals surface area contributed by atoms with E-state index >= 15 is 0 Å². The van der Waals surface area contributed by atoms with Crippen molar-refractivity contribution in [1.82, 2.24) is 24.4 Å². The molecule has 4 rings (SSSR count). The molecule has 1 aliphatic rings. The van der Waals surface area contributed by atoms with Gasteiger partial charge in [0, 0.05) is 48.7 Å². The summed E-state index contributed by atoms with van der Waals surface area (Å²) in [6.07, 6.45) is 1.54. The summed E-state index contributed by atoms with van der Waals surface area (Å²) in [5, 5.41) is 4.76. The monoisotopic (exact) mass is 405 g/mol. The van der Waals surface area contributed by atoms with Crippen LogP contribution in [0.5, 0.6) is 0 Å². The second kappa shape index (κ2) is 8.56. The molecule has 2 aromatic heterocycles. The maximum atomic E-state index is 13.0. The SMILES string of the molecule is CCCN1CCN(C(=O)Cc2c(C)nc3c(-c4ccccc4)c(C)nn3c2C)CC1. The molecule has 3 aromatic rings. The van der Waals surface area contributed by atoms with Gasteiger partial charge in [-0.2, -0.15) is 5.10 Å². The van der Waals surface area contributed by atoms with E-state index in [9.17, 15) is 4.79 Å². The number of aryl methyl sites for hydroxylation is 3. The smallest absolute Gasteiger partial charge is 0.227 e. The van der Waals surface area contributed by atoms with Crippen LogP contribution < -0.4 is 0 Å². The van der Waals surface area contributed by atoms with Gasteiger partial charge in [0.15, 0.2) is 5.65 Å². The van der Waals surface area contributed by atoms with Gasteiger partial charge in [-0.3, -0.25) is 9.69 Å². The molecule has 1 fully saturated rings. The summed E-state index contributed by atoms with van der Waals surface area (Å²) in [7, 11) is 0. The number of carbonyl (C=O) groups excluding carboxylic acids is 1. The number of amides is 1. The number of fused-ring (bicyclic) bond motifs is 1. The molecule has 0 spiro atoms. The molecule has 0 radical (unpaired) electrons. The quantitative estimate of drug-likeness (QED) is 0.653. The summed E-state index contributed by atoms with van der Waals surface area (Å²) in [6.45, 7) is 12.9. The number of nitrogens with zero attached hydrogens (tertiary/aromatic N) is 5. The van der Waals surface area contributed by atoms with E-state index in [0.29, 0.717) is 6.42 Å². The lowest BCUT2D eigenvalue weighted by Crippen LogP contribution is -2.49. The number of hydrogen-bond acceptors (Lipinski definition) is 4. The van der Waals surface area contributed by atoms with E-state index in [-0.39, 0.29) is 5.91 Å². The molecule has 6 heteroatoms. The fourth-order valence-corrected chi connectivity index (χ4v) is 4.47. The highest BCUT2D eigenvalue weighted by molar-refractivity contribution is 5.82. The highest BCUT2D eigenvalue weighted by Gasteiger charge is 2.24. The minimum atomic E-state index is 0.186. The molecule has 0 saturated carbocycles. The second-order valence-electron chi connectivity index (χ2n) is 8.22. The van der Waals surface area contributed by atoms with Gasteiger partial charge < -0.3 is 4.90 Å². The first-order valence-electron chi connectivity index (χ1n) is 10.9. The standard InChI is InChI=1S/C24H31N5O/c1-5-11-27-12-14-28(15-13-27)22(30)16-21-17(2)25-24-23(20-9-7-6-8-10-20)18(3)26-29(24)19(21)4/h6-10H,5,11-16H2,1-4H3. The summed E-state index contributed by atoms with van der Waals surface area (Å²) in [4.78, 5) is 22.3. The van der Waals surface area contributed by atoms with Crippen molar-refractivity contribution in [1.29, 1.82) is 0 Å². The molecule has 1 saturated heterocycles. The molecule has 0 unspecified atom stereocenters. The van der Waals surface area contributed by atoms with Crippen LogP contribution in [0.4, 0.5) is 0 Å². The zero-order chi connectivity index (χ0) is 21.3. The van der Waals surface area contributed by atoms with Crippen LogP contribution in [0.2, 0.25) is 0 Å². The number of aromatic nitrogens is 3. The molecule has 1 amide bonds. The number of hydrogen-bond donors (Lipinski definition) is 0. The van der Waals surface area contributed by atoms with Crippen molar-refractivity contribution in [2.24, 2.45) is 0 Å². The zero-order valence-corrected chi connectivity index (χ0v) is 18.5. The minimum absolute atomic E-state index is 0.186. The van der Waals surface area contributed by atoms with E-state index in [2.05, 4.69) is 24.0 Å². The van der Waals surface area contributed by atoms with Crippen molar-refractivity contribution in [2.45, 2.75) is 40.5 Å². The normalized spacial score (nSPS) is 15.1. The summed E-state index contributed by atoms with van der Waals surface area (Å²) in [5.74, 6) is 0.186. The summed E-state index contributed by atoms with van der Waals surface area (Å²) in [6, 6.07) is 10.3.